The van der Waals surface area contributed by atoms with E-state index in [-0.39, 0.29) is 24.9 Å². The summed E-state index contributed by atoms with van der Waals surface area (Å²) in [6.45, 7) is 0. The Morgan fingerprint density at radius 3 is 1.29 bits per heavy atom. The summed E-state index contributed by atoms with van der Waals surface area (Å²) < 4.78 is 58.3. The summed E-state index contributed by atoms with van der Waals surface area (Å²) in [5, 5.41) is 0. The second kappa shape index (κ2) is 6.22. The zero-order chi connectivity index (χ0) is 13.7. The van der Waals surface area contributed by atoms with Crippen molar-refractivity contribution >= 4 is 28.8 Å². The molecule has 0 heterocycles. The average molecular weight is 308 g/mol. The maximum atomic E-state index is 10.4. The largest absolute Gasteiger partial charge is 0.411 e. The molecule has 0 radical (unpaired) electrons. The minimum atomic E-state index is -4.13. The Hall–Kier alpha value is -0.0431. The topological polar surface area (TPSA) is 149 Å². The standard InChI is InChI=1S/C6H16O8S2Si/c7-15(8,9)3-1-5-17(13,14)6-2-4-16(10,11)12/h13-14H,1-6H2,(H,7,8,9)(H,10,11,12). The fraction of sp³-hybridized carbons (Fsp3) is 1.00. The Balaban J connectivity index is 3.96. The molecule has 17 heavy (non-hydrogen) atoms. The van der Waals surface area contributed by atoms with E-state index in [1.165, 1.54) is 0 Å². The van der Waals surface area contributed by atoms with Gasteiger partial charge in [0.1, 0.15) is 0 Å². The molecule has 0 aliphatic rings. The maximum absolute atomic E-state index is 10.4. The highest BCUT2D eigenvalue weighted by molar-refractivity contribution is 7.86. The highest BCUT2D eigenvalue weighted by Gasteiger charge is 2.29. The quantitative estimate of drug-likeness (QED) is 0.328. The van der Waals surface area contributed by atoms with Gasteiger partial charge in [-0.1, -0.05) is 0 Å². The first-order valence-electron chi connectivity index (χ1n) is 4.76. The highest BCUT2D eigenvalue weighted by Crippen LogP contribution is 2.14. The van der Waals surface area contributed by atoms with E-state index < -0.39 is 40.3 Å². The molecule has 0 rings (SSSR count). The molecule has 0 aliphatic carbocycles. The van der Waals surface area contributed by atoms with Crippen molar-refractivity contribution in [1.82, 2.24) is 0 Å². The Bertz CT molecular complexity index is 385. The van der Waals surface area contributed by atoms with E-state index in [2.05, 4.69) is 0 Å². The molecule has 0 fully saturated rings. The van der Waals surface area contributed by atoms with Gasteiger partial charge < -0.3 is 9.59 Å². The second-order valence-corrected chi connectivity index (χ2v) is 9.87. The number of hydrogen-bond acceptors (Lipinski definition) is 6. The molecule has 0 atom stereocenters. The van der Waals surface area contributed by atoms with Gasteiger partial charge in [-0.25, -0.2) is 0 Å². The second-order valence-electron chi connectivity index (χ2n) is 3.76. The lowest BCUT2D eigenvalue weighted by Gasteiger charge is -2.16. The lowest BCUT2D eigenvalue weighted by molar-refractivity contribution is 0.355. The van der Waals surface area contributed by atoms with Crippen molar-refractivity contribution in [3.8, 4) is 0 Å². The first-order valence-corrected chi connectivity index (χ1v) is 10.3. The molecule has 11 heteroatoms. The van der Waals surface area contributed by atoms with E-state index in [4.69, 9.17) is 9.11 Å². The van der Waals surface area contributed by atoms with Crippen LogP contribution in [0.3, 0.4) is 0 Å². The van der Waals surface area contributed by atoms with Gasteiger partial charge in [-0.3, -0.25) is 9.11 Å². The summed E-state index contributed by atoms with van der Waals surface area (Å²) in [6.07, 6.45) is -0.214. The average Bonchev–Trinajstić information content (AvgIpc) is 1.96. The molecule has 0 aliphatic heterocycles. The van der Waals surface area contributed by atoms with Gasteiger partial charge in [-0.2, -0.15) is 16.8 Å². The molecule has 0 aromatic heterocycles. The van der Waals surface area contributed by atoms with Crippen molar-refractivity contribution < 1.29 is 35.5 Å². The summed E-state index contributed by atoms with van der Waals surface area (Å²) in [4.78, 5) is 18.9. The monoisotopic (exact) mass is 308 g/mol. The van der Waals surface area contributed by atoms with E-state index in [0.717, 1.165) is 0 Å². The van der Waals surface area contributed by atoms with Gasteiger partial charge in [-0.15, -0.1) is 0 Å². The van der Waals surface area contributed by atoms with Crippen LogP contribution < -0.4 is 0 Å². The zero-order valence-corrected chi connectivity index (χ0v) is 11.6. The first kappa shape index (κ1) is 17.0. The van der Waals surface area contributed by atoms with Crippen LogP contribution in [0.4, 0.5) is 0 Å². The predicted octanol–water partition coefficient (Wildman–Crippen LogP) is -1.03. The summed E-state index contributed by atoms with van der Waals surface area (Å²) in [5.41, 5.74) is 0. The van der Waals surface area contributed by atoms with Crippen LogP contribution in [0, 0.1) is 0 Å². The van der Waals surface area contributed by atoms with Crippen molar-refractivity contribution in [2.45, 2.75) is 24.9 Å². The molecule has 104 valence electrons. The maximum Gasteiger partial charge on any atom is 0.332 e. The molecule has 0 aromatic carbocycles. The Labute approximate surface area is 101 Å². The van der Waals surface area contributed by atoms with Crippen molar-refractivity contribution in [3.63, 3.8) is 0 Å². The van der Waals surface area contributed by atoms with E-state index in [0.29, 0.717) is 0 Å². The van der Waals surface area contributed by atoms with E-state index >= 15 is 0 Å². The molecule has 0 spiro atoms. The van der Waals surface area contributed by atoms with Crippen molar-refractivity contribution in [2.24, 2.45) is 0 Å². The Morgan fingerprint density at radius 1 is 0.765 bits per heavy atom. The van der Waals surface area contributed by atoms with E-state index in [1.807, 2.05) is 0 Å². The smallest absolute Gasteiger partial charge is 0.332 e. The van der Waals surface area contributed by atoms with E-state index in [9.17, 15) is 26.4 Å². The molecule has 0 unspecified atom stereocenters. The molecular weight excluding hydrogens is 292 g/mol. The van der Waals surface area contributed by atoms with Crippen LogP contribution in [0.1, 0.15) is 12.8 Å². The third-order valence-corrected chi connectivity index (χ3v) is 5.88. The fourth-order valence-electron chi connectivity index (χ4n) is 1.20. The van der Waals surface area contributed by atoms with Gasteiger partial charge in [0.25, 0.3) is 20.2 Å². The zero-order valence-electron chi connectivity index (χ0n) is 8.98. The van der Waals surface area contributed by atoms with Gasteiger partial charge in [0.2, 0.25) is 0 Å². The van der Waals surface area contributed by atoms with E-state index in [1.54, 1.807) is 0 Å². The molecule has 0 saturated heterocycles. The van der Waals surface area contributed by atoms with Crippen LogP contribution in [0.5, 0.6) is 0 Å². The van der Waals surface area contributed by atoms with Crippen LogP contribution in [-0.2, 0) is 20.2 Å². The van der Waals surface area contributed by atoms with Gasteiger partial charge in [-0.05, 0) is 24.9 Å². The summed E-state index contributed by atoms with van der Waals surface area (Å²) in [5.74, 6) is -1.14. The van der Waals surface area contributed by atoms with Gasteiger partial charge in [0, 0.05) is 0 Å². The number of hydrogen-bond donors (Lipinski definition) is 4. The van der Waals surface area contributed by atoms with Crippen LogP contribution >= 0.6 is 0 Å². The molecule has 0 aromatic rings. The van der Waals surface area contributed by atoms with Crippen LogP contribution in [0.2, 0.25) is 12.1 Å². The van der Waals surface area contributed by atoms with Crippen LogP contribution in [0.25, 0.3) is 0 Å². The SMILES string of the molecule is O=S(=O)(O)CCC[Si](O)(O)CCCS(=O)(=O)O. The van der Waals surface area contributed by atoms with Crippen molar-refractivity contribution in [2.75, 3.05) is 11.5 Å². The van der Waals surface area contributed by atoms with Crippen LogP contribution in [0.15, 0.2) is 0 Å². The molecule has 8 nitrogen and oxygen atoms in total. The molecule has 0 amide bonds. The first-order chi connectivity index (χ1) is 7.41. The van der Waals surface area contributed by atoms with Crippen molar-refractivity contribution in [1.29, 1.82) is 0 Å². The van der Waals surface area contributed by atoms with Crippen molar-refractivity contribution in [3.05, 3.63) is 0 Å². The normalized spacial score (nSPS) is 13.9. The summed E-state index contributed by atoms with van der Waals surface area (Å²) in [6, 6.07) is -0.365. The van der Waals surface area contributed by atoms with Crippen LogP contribution in [-0.4, -0.2) is 55.6 Å². The molecule has 0 bridgehead atoms. The summed E-state index contributed by atoms with van der Waals surface area (Å²) >= 11 is 0. The Kier molecular flexibility index (Phi) is 6.20. The third kappa shape index (κ3) is 12.2. The lowest BCUT2D eigenvalue weighted by atomic mass is 10.6. The lowest BCUT2D eigenvalue weighted by Crippen LogP contribution is -2.35. The number of rotatable bonds is 8. The third-order valence-electron chi connectivity index (χ3n) is 1.96. The molecular formula is C6H16O8S2Si. The fourth-order valence-corrected chi connectivity index (χ4v) is 4.47. The molecule has 4 N–H and O–H groups in total. The molecule has 0 saturated carbocycles. The van der Waals surface area contributed by atoms with Gasteiger partial charge in [0.15, 0.2) is 0 Å². The van der Waals surface area contributed by atoms with Gasteiger partial charge >= 0.3 is 8.56 Å². The summed E-state index contributed by atoms with van der Waals surface area (Å²) in [7, 11) is -11.9. The minimum absolute atomic E-state index is 0.107. The highest BCUT2D eigenvalue weighted by atomic mass is 32.2. The Morgan fingerprint density at radius 2 is 1.06 bits per heavy atom. The minimum Gasteiger partial charge on any atom is -0.411 e. The van der Waals surface area contributed by atoms with Gasteiger partial charge in [0.05, 0.1) is 11.5 Å². The predicted molar refractivity (Wildman–Crippen MR) is 61.9 cm³/mol.